The maximum Gasteiger partial charge on any atom is 0.450 e. The van der Waals surface area contributed by atoms with E-state index >= 15 is 0 Å². The summed E-state index contributed by atoms with van der Waals surface area (Å²) in [5.41, 5.74) is -1.29. The second-order valence-electron chi connectivity index (χ2n) is 5.90. The maximum atomic E-state index is 12.5. The predicted octanol–water partition coefficient (Wildman–Crippen LogP) is 2.76. The largest absolute Gasteiger partial charge is 0.450 e. The van der Waals surface area contributed by atoms with E-state index in [1.54, 1.807) is 20.8 Å². The first-order valence-corrected chi connectivity index (χ1v) is 5.69. The Labute approximate surface area is 145 Å². The Kier molecular flexibility index (Phi) is 4.31. The summed E-state index contributed by atoms with van der Waals surface area (Å²) in [4.78, 5) is 23.4. The van der Waals surface area contributed by atoms with E-state index in [0.717, 1.165) is 0 Å². The molecule has 2 nitrogen and oxygen atoms in total. The third-order valence-corrected chi connectivity index (χ3v) is 5.09. The molecule has 2 aliphatic carbocycles. The van der Waals surface area contributed by atoms with Crippen molar-refractivity contribution in [2.45, 2.75) is 39.8 Å². The quantitative estimate of drug-likeness (QED) is 0.635. The van der Waals surface area contributed by atoms with E-state index in [2.05, 4.69) is 0 Å². The first-order valence-electron chi connectivity index (χ1n) is 5.69. The Morgan fingerprint density at radius 3 is 2.11 bits per heavy atom. The van der Waals surface area contributed by atoms with Crippen LogP contribution in [0.15, 0.2) is 0 Å². The molecule has 0 heterocycles. The average Bonchev–Trinajstić information content (AvgIpc) is 2.47. The number of hydrogen-bond donors (Lipinski definition) is 0. The number of alkyl halides is 3. The second kappa shape index (κ2) is 4.62. The standard InChI is InChI=1S/C12H15F3O2.Eu/c1-10(2)6-4-5-11(10,3)8(16)7(6)9(17)12(13,14)15;/h6-7H,4-5H2,1-3H3;. The smallest absolute Gasteiger partial charge is 0.298 e. The van der Waals surface area contributed by atoms with Gasteiger partial charge < -0.3 is 0 Å². The van der Waals surface area contributed by atoms with Crippen LogP contribution in [-0.2, 0) is 9.59 Å². The van der Waals surface area contributed by atoms with Crippen LogP contribution in [0.2, 0.25) is 0 Å². The summed E-state index contributed by atoms with van der Waals surface area (Å²) in [7, 11) is 0. The van der Waals surface area contributed by atoms with Crippen molar-refractivity contribution in [3.8, 4) is 0 Å². The fourth-order valence-electron chi connectivity index (χ4n) is 3.56. The molecule has 2 saturated carbocycles. The topological polar surface area (TPSA) is 34.1 Å². The number of halogens is 3. The van der Waals surface area contributed by atoms with Crippen LogP contribution in [0, 0.1) is 72.0 Å². The number of fused-ring (bicyclic) bond motifs is 2. The van der Waals surface area contributed by atoms with Crippen molar-refractivity contribution >= 4 is 11.6 Å². The minimum Gasteiger partial charge on any atom is -0.298 e. The van der Waals surface area contributed by atoms with Gasteiger partial charge in [-0.05, 0) is 24.2 Å². The molecule has 1 radical (unpaired) electrons. The van der Waals surface area contributed by atoms with Crippen molar-refractivity contribution in [1.82, 2.24) is 0 Å². The summed E-state index contributed by atoms with van der Waals surface area (Å²) >= 11 is 0. The number of hydrogen-bond acceptors (Lipinski definition) is 2. The number of carbonyl (C=O) groups is 2. The van der Waals surface area contributed by atoms with Gasteiger partial charge in [-0.25, -0.2) is 0 Å². The molecule has 0 aliphatic heterocycles. The minimum absolute atomic E-state index is 0. The van der Waals surface area contributed by atoms with Gasteiger partial charge in [-0.1, -0.05) is 20.8 Å². The number of ketones is 2. The fourth-order valence-corrected chi connectivity index (χ4v) is 3.56. The van der Waals surface area contributed by atoms with Crippen molar-refractivity contribution in [3.63, 3.8) is 0 Å². The molecule has 2 bridgehead atoms. The molecule has 2 fully saturated rings. The third-order valence-electron chi connectivity index (χ3n) is 5.09. The van der Waals surface area contributed by atoms with Gasteiger partial charge in [0.15, 0.2) is 0 Å². The third kappa shape index (κ3) is 1.98. The van der Waals surface area contributed by atoms with E-state index < -0.39 is 40.4 Å². The summed E-state index contributed by atoms with van der Waals surface area (Å²) in [6.45, 7) is 5.29. The van der Waals surface area contributed by atoms with Gasteiger partial charge in [0.05, 0.1) is 5.92 Å². The Morgan fingerprint density at radius 2 is 1.78 bits per heavy atom. The summed E-state index contributed by atoms with van der Waals surface area (Å²) in [6, 6.07) is 0. The Balaban J connectivity index is 0.00000162. The van der Waals surface area contributed by atoms with Gasteiger partial charge in [-0.2, -0.15) is 13.2 Å². The van der Waals surface area contributed by atoms with E-state index in [1.807, 2.05) is 0 Å². The van der Waals surface area contributed by atoms with Crippen LogP contribution in [0.4, 0.5) is 13.2 Å². The zero-order chi connectivity index (χ0) is 13.2. The molecule has 2 aliphatic rings. The Bertz CT molecular complexity index is 403. The normalized spacial score (nSPS) is 37.6. The van der Waals surface area contributed by atoms with Crippen LogP contribution < -0.4 is 0 Å². The molecule has 0 spiro atoms. The molecular weight excluding hydrogens is 385 g/mol. The zero-order valence-corrected chi connectivity index (χ0v) is 12.8. The minimum atomic E-state index is -4.91. The monoisotopic (exact) mass is 401 g/mol. The maximum absolute atomic E-state index is 12.5. The Hall–Kier alpha value is 0.714. The number of carbonyl (C=O) groups excluding carboxylic acids is 2. The van der Waals surface area contributed by atoms with Crippen LogP contribution in [0.5, 0.6) is 0 Å². The van der Waals surface area contributed by atoms with Crippen molar-refractivity contribution < 1.29 is 72.1 Å². The summed E-state index contributed by atoms with van der Waals surface area (Å²) in [5.74, 6) is -4.30. The summed E-state index contributed by atoms with van der Waals surface area (Å²) in [6.07, 6.45) is -3.79. The molecule has 0 aromatic heterocycles. The predicted molar refractivity (Wildman–Crippen MR) is 54.2 cm³/mol. The molecule has 6 heteroatoms. The van der Waals surface area contributed by atoms with E-state index in [4.69, 9.17) is 0 Å². The van der Waals surface area contributed by atoms with E-state index in [-0.39, 0.29) is 49.4 Å². The Morgan fingerprint density at radius 1 is 1.28 bits per heavy atom. The van der Waals surface area contributed by atoms with Crippen LogP contribution in [-0.4, -0.2) is 17.7 Å². The van der Waals surface area contributed by atoms with Gasteiger partial charge in [0.2, 0.25) is 5.78 Å². The van der Waals surface area contributed by atoms with E-state index in [1.165, 1.54) is 0 Å². The summed E-state index contributed by atoms with van der Waals surface area (Å²) in [5, 5.41) is 0. The van der Waals surface area contributed by atoms with Crippen LogP contribution in [0.1, 0.15) is 33.6 Å². The van der Waals surface area contributed by atoms with Gasteiger partial charge in [0, 0.05) is 54.8 Å². The average molecular weight is 400 g/mol. The van der Waals surface area contributed by atoms with Crippen molar-refractivity contribution in [3.05, 3.63) is 0 Å². The van der Waals surface area contributed by atoms with Gasteiger partial charge in [0.25, 0.3) is 0 Å². The SMILES string of the molecule is CC12CCC(C(C(=O)C(F)(F)F)C1=O)C2(C)C.[Eu]. The van der Waals surface area contributed by atoms with Crippen molar-refractivity contribution in [2.24, 2.45) is 22.7 Å². The van der Waals surface area contributed by atoms with Crippen molar-refractivity contribution in [2.75, 3.05) is 0 Å². The molecule has 0 aromatic rings. The first kappa shape index (κ1) is 16.8. The molecule has 2 rings (SSSR count). The van der Waals surface area contributed by atoms with E-state index in [9.17, 15) is 22.8 Å². The van der Waals surface area contributed by atoms with Gasteiger partial charge in [0.1, 0.15) is 5.78 Å². The number of Topliss-reactive ketones (excluding diaryl/α,β-unsaturated/α-hetero) is 2. The molecule has 3 unspecified atom stereocenters. The summed E-state index contributed by atoms with van der Waals surface area (Å²) < 4.78 is 37.4. The molecular formula is C12H15EuF3O2. The number of rotatable bonds is 1. The molecule has 103 valence electrons. The molecule has 3 atom stereocenters. The van der Waals surface area contributed by atoms with Crippen LogP contribution >= 0.6 is 0 Å². The zero-order valence-electron chi connectivity index (χ0n) is 10.4. The van der Waals surface area contributed by atoms with Crippen LogP contribution in [0.3, 0.4) is 0 Å². The second-order valence-corrected chi connectivity index (χ2v) is 5.90. The van der Waals surface area contributed by atoms with Crippen molar-refractivity contribution in [1.29, 1.82) is 0 Å². The fraction of sp³-hybridized carbons (Fsp3) is 0.833. The van der Waals surface area contributed by atoms with E-state index in [0.29, 0.717) is 12.8 Å². The van der Waals surface area contributed by atoms with Gasteiger partial charge in [-0.15, -0.1) is 0 Å². The van der Waals surface area contributed by atoms with Gasteiger partial charge in [-0.3, -0.25) is 9.59 Å². The molecule has 18 heavy (non-hydrogen) atoms. The molecule has 0 N–H and O–H groups in total. The molecule has 0 aromatic carbocycles. The molecule has 0 amide bonds. The van der Waals surface area contributed by atoms with Gasteiger partial charge >= 0.3 is 6.18 Å². The first-order chi connectivity index (χ1) is 7.53. The molecule has 0 saturated heterocycles. The van der Waals surface area contributed by atoms with Crippen LogP contribution in [0.25, 0.3) is 0 Å².